The van der Waals surface area contributed by atoms with Crippen LogP contribution >= 0.6 is 0 Å². The standard InChI is InChI=1S/C20H14N2O4/c21-9-15-17(13-6-5-11-3-1-2-4-12(11)7-13)19-18(26-20(15)22)16(24)8-14(10-23)25-19/h1-8,17,23H,10,22H2/t17-/m0/s1. The summed E-state index contributed by atoms with van der Waals surface area (Å²) in [7, 11) is 0. The van der Waals surface area contributed by atoms with Gasteiger partial charge in [0, 0.05) is 6.07 Å². The van der Waals surface area contributed by atoms with Crippen molar-refractivity contribution in [2.24, 2.45) is 5.73 Å². The summed E-state index contributed by atoms with van der Waals surface area (Å²) in [5.74, 6) is -0.602. The molecule has 1 aromatic heterocycles. The number of nitrogens with zero attached hydrogens (tertiary/aromatic N) is 1. The molecule has 6 nitrogen and oxygen atoms in total. The van der Waals surface area contributed by atoms with Gasteiger partial charge >= 0.3 is 0 Å². The van der Waals surface area contributed by atoms with Gasteiger partial charge in [0.25, 0.3) is 0 Å². The van der Waals surface area contributed by atoms with E-state index in [1.54, 1.807) is 0 Å². The molecule has 0 saturated carbocycles. The second-order valence-electron chi connectivity index (χ2n) is 5.96. The molecule has 2 heterocycles. The third-order valence-electron chi connectivity index (χ3n) is 4.39. The van der Waals surface area contributed by atoms with Crippen LogP contribution in [0.4, 0.5) is 0 Å². The first-order valence-corrected chi connectivity index (χ1v) is 7.96. The molecule has 26 heavy (non-hydrogen) atoms. The van der Waals surface area contributed by atoms with Gasteiger partial charge in [-0.25, -0.2) is 0 Å². The van der Waals surface area contributed by atoms with Crippen LogP contribution < -0.4 is 15.9 Å². The monoisotopic (exact) mass is 346 g/mol. The Morgan fingerprint density at radius 1 is 1.15 bits per heavy atom. The molecule has 0 bridgehead atoms. The molecule has 0 amide bonds. The van der Waals surface area contributed by atoms with Crippen molar-refractivity contribution in [1.82, 2.24) is 0 Å². The number of fused-ring (bicyclic) bond motifs is 2. The van der Waals surface area contributed by atoms with Crippen LogP contribution in [0.2, 0.25) is 0 Å². The Hall–Kier alpha value is -3.56. The Morgan fingerprint density at radius 2 is 1.92 bits per heavy atom. The van der Waals surface area contributed by atoms with Crippen LogP contribution in [0, 0.1) is 11.3 Å². The second-order valence-corrected chi connectivity index (χ2v) is 5.96. The number of rotatable bonds is 2. The SMILES string of the molecule is N#CC1=C(N)Oc2c(oc(CO)cc2=O)[C@H]1c1ccc2ccccc2c1. The zero-order chi connectivity index (χ0) is 18.3. The molecular weight excluding hydrogens is 332 g/mol. The van der Waals surface area contributed by atoms with Gasteiger partial charge in [-0.2, -0.15) is 5.26 Å². The number of nitriles is 1. The highest BCUT2D eigenvalue weighted by Gasteiger charge is 2.35. The maximum absolute atomic E-state index is 12.3. The lowest BCUT2D eigenvalue weighted by Crippen LogP contribution is -2.25. The maximum Gasteiger partial charge on any atom is 0.228 e. The van der Waals surface area contributed by atoms with Gasteiger partial charge in [0.05, 0.1) is 5.92 Å². The number of hydrogen-bond acceptors (Lipinski definition) is 6. The summed E-state index contributed by atoms with van der Waals surface area (Å²) in [4.78, 5) is 12.3. The smallest absolute Gasteiger partial charge is 0.228 e. The highest BCUT2D eigenvalue weighted by molar-refractivity contribution is 5.83. The third kappa shape index (κ3) is 2.42. The molecule has 0 aliphatic carbocycles. The normalized spacial score (nSPS) is 16.1. The fourth-order valence-corrected chi connectivity index (χ4v) is 3.18. The van der Waals surface area contributed by atoms with Gasteiger partial charge in [0.15, 0.2) is 5.76 Å². The number of benzene rings is 2. The molecule has 0 fully saturated rings. The Morgan fingerprint density at radius 3 is 2.65 bits per heavy atom. The van der Waals surface area contributed by atoms with Crippen LogP contribution in [0.1, 0.15) is 23.0 Å². The van der Waals surface area contributed by atoms with Crippen LogP contribution in [0.5, 0.6) is 5.75 Å². The van der Waals surface area contributed by atoms with Gasteiger partial charge in [-0.15, -0.1) is 0 Å². The highest BCUT2D eigenvalue weighted by Crippen LogP contribution is 2.41. The Balaban J connectivity index is 2.00. The lowest BCUT2D eigenvalue weighted by Gasteiger charge is -2.25. The van der Waals surface area contributed by atoms with E-state index in [1.165, 1.54) is 0 Å². The molecule has 0 spiro atoms. The summed E-state index contributed by atoms with van der Waals surface area (Å²) >= 11 is 0. The molecule has 0 unspecified atom stereocenters. The summed E-state index contributed by atoms with van der Waals surface area (Å²) in [6.07, 6.45) is 0. The third-order valence-corrected chi connectivity index (χ3v) is 4.39. The van der Waals surface area contributed by atoms with Crippen LogP contribution in [0.3, 0.4) is 0 Å². The first-order valence-electron chi connectivity index (χ1n) is 7.96. The molecule has 1 aliphatic rings. The number of aliphatic hydroxyl groups excluding tert-OH is 1. The lowest BCUT2D eigenvalue weighted by atomic mass is 9.86. The van der Waals surface area contributed by atoms with Crippen LogP contribution in [-0.2, 0) is 6.61 Å². The van der Waals surface area contributed by atoms with Crippen LogP contribution in [-0.4, -0.2) is 5.11 Å². The van der Waals surface area contributed by atoms with Gasteiger partial charge in [0.1, 0.15) is 24.0 Å². The minimum absolute atomic E-state index is 0.0585. The van der Waals surface area contributed by atoms with E-state index in [0.717, 1.165) is 22.4 Å². The number of hydrogen-bond donors (Lipinski definition) is 2. The van der Waals surface area contributed by atoms with Crippen molar-refractivity contribution < 1.29 is 14.3 Å². The number of ether oxygens (including phenoxy) is 1. The molecular formula is C20H14N2O4. The van der Waals surface area contributed by atoms with E-state index in [9.17, 15) is 15.2 Å². The zero-order valence-electron chi connectivity index (χ0n) is 13.6. The Labute approximate surface area is 148 Å². The largest absolute Gasteiger partial charge is 0.458 e. The molecule has 0 radical (unpaired) electrons. The number of nitrogens with two attached hydrogens (primary N) is 1. The van der Waals surface area contributed by atoms with Crippen molar-refractivity contribution in [3.05, 3.63) is 87.3 Å². The molecule has 3 N–H and O–H groups in total. The molecule has 4 rings (SSSR count). The van der Waals surface area contributed by atoms with Crippen molar-refractivity contribution >= 4 is 10.8 Å². The fraction of sp³-hybridized carbons (Fsp3) is 0.100. The molecule has 3 aromatic rings. The van der Waals surface area contributed by atoms with Gasteiger partial charge in [-0.1, -0.05) is 42.5 Å². The minimum atomic E-state index is -0.687. The van der Waals surface area contributed by atoms with E-state index in [0.29, 0.717) is 0 Å². The first kappa shape index (κ1) is 15.9. The Kier molecular flexibility index (Phi) is 3.72. The average molecular weight is 346 g/mol. The number of aliphatic hydroxyl groups is 1. The molecule has 128 valence electrons. The van der Waals surface area contributed by atoms with Crippen molar-refractivity contribution in [1.29, 1.82) is 5.26 Å². The van der Waals surface area contributed by atoms with Gasteiger partial charge in [-0.3, -0.25) is 4.79 Å². The predicted molar refractivity (Wildman–Crippen MR) is 94.1 cm³/mol. The highest BCUT2D eigenvalue weighted by atomic mass is 16.5. The zero-order valence-corrected chi connectivity index (χ0v) is 13.6. The van der Waals surface area contributed by atoms with Crippen molar-refractivity contribution in [2.45, 2.75) is 12.5 Å². The van der Waals surface area contributed by atoms with E-state index in [4.69, 9.17) is 14.9 Å². The molecule has 1 atom stereocenters. The van der Waals surface area contributed by atoms with Crippen LogP contribution in [0.15, 0.2) is 69.2 Å². The first-order chi connectivity index (χ1) is 12.6. The molecule has 1 aliphatic heterocycles. The number of allylic oxidation sites excluding steroid dienone is 1. The fourth-order valence-electron chi connectivity index (χ4n) is 3.18. The quantitative estimate of drug-likeness (QED) is 0.738. The van der Waals surface area contributed by atoms with E-state index >= 15 is 0 Å². The minimum Gasteiger partial charge on any atom is -0.458 e. The average Bonchev–Trinajstić information content (AvgIpc) is 2.67. The second kappa shape index (κ2) is 6.06. The van der Waals surface area contributed by atoms with E-state index in [-0.39, 0.29) is 28.7 Å². The summed E-state index contributed by atoms with van der Waals surface area (Å²) in [6, 6.07) is 16.7. The van der Waals surface area contributed by atoms with Gasteiger partial charge < -0.3 is 20.0 Å². The van der Waals surface area contributed by atoms with Gasteiger partial charge in [0.2, 0.25) is 17.1 Å². The molecule has 2 aromatic carbocycles. The topological polar surface area (TPSA) is 109 Å². The van der Waals surface area contributed by atoms with Gasteiger partial charge in [-0.05, 0) is 16.3 Å². The summed E-state index contributed by atoms with van der Waals surface area (Å²) in [5.41, 5.74) is 6.33. The molecule has 0 saturated heterocycles. The maximum atomic E-state index is 12.3. The predicted octanol–water partition coefficient (Wildman–Crippen LogP) is 2.50. The van der Waals surface area contributed by atoms with E-state index in [2.05, 4.69) is 6.07 Å². The summed E-state index contributed by atoms with van der Waals surface area (Å²) in [6.45, 7) is -0.436. The van der Waals surface area contributed by atoms with E-state index < -0.39 is 18.0 Å². The van der Waals surface area contributed by atoms with E-state index in [1.807, 2.05) is 42.5 Å². The van der Waals surface area contributed by atoms with Crippen molar-refractivity contribution in [3.63, 3.8) is 0 Å². The summed E-state index contributed by atoms with van der Waals surface area (Å²) in [5, 5.41) is 21.0. The summed E-state index contributed by atoms with van der Waals surface area (Å²) < 4.78 is 11.0. The Bertz CT molecular complexity index is 1150. The van der Waals surface area contributed by atoms with Crippen molar-refractivity contribution in [3.8, 4) is 11.8 Å². The molecule has 6 heteroatoms. The lowest BCUT2D eigenvalue weighted by molar-refractivity contribution is 0.231. The van der Waals surface area contributed by atoms with Crippen molar-refractivity contribution in [2.75, 3.05) is 0 Å². The van der Waals surface area contributed by atoms with Crippen LogP contribution in [0.25, 0.3) is 10.8 Å².